The maximum absolute atomic E-state index is 15.6. The predicted octanol–water partition coefficient (Wildman–Crippen LogP) is 18.1. The van der Waals surface area contributed by atoms with Crippen molar-refractivity contribution in [3.8, 4) is 57.5 Å². The number of halogens is 9. The van der Waals surface area contributed by atoms with Crippen LogP contribution in [0.2, 0.25) is 0 Å². The Morgan fingerprint density at radius 2 is 0.476 bits per heavy atom. The third-order valence-corrected chi connectivity index (χ3v) is 21.8. The van der Waals surface area contributed by atoms with Crippen LogP contribution in [-0.2, 0) is 16.2 Å². The summed E-state index contributed by atoms with van der Waals surface area (Å²) in [5, 5.41) is 93.7. The molecule has 0 fully saturated rings. The van der Waals surface area contributed by atoms with Gasteiger partial charge < -0.3 is 71.6 Å². The van der Waals surface area contributed by atoms with Gasteiger partial charge in [-0.15, -0.1) is 0 Å². The molecule has 2 aliphatic rings. The molecular weight excluding hydrogens is 1670 g/mol. The number of carbonyl (C=O) groups excluding carboxylic acids is 8. The molecule has 2 unspecified atom stereocenters. The third kappa shape index (κ3) is 15.7. The SMILES string of the molecule is CC(c1ccc(O)c(NC(=O)c2ccc(Oc3ccc(C(=O)Nc4cc(C(C)(c5ccc(O)c(N6C(=O)c7ccc(C(=O)O)cc7C6=O)c5)C(F)(F)F)ccc4O)cc3)cc2)c1)(c1ccc(O)c(NC(=O)c2ccc(Oc3ccc(C(=O)Nc4cc(C(C)(c5ccc(O)c(N6C(=O)c7ccc(C(=O)O)cc7C6=O)c5)C(F)(F)F)ccc4O)cc3)cc2)c1)C(F)(F)F. The predicted molar refractivity (Wildman–Crippen MR) is 433 cm³/mol. The number of carboxylic acid groups (broad SMARTS) is 2. The first-order valence-electron chi connectivity index (χ1n) is 37.1. The van der Waals surface area contributed by atoms with Crippen molar-refractivity contribution in [2.75, 3.05) is 31.1 Å². The smallest absolute Gasteiger partial charge is 0.402 e. The number of hydrogen-bond donors (Lipinski definition) is 12. The normalized spacial score (nSPS) is 14.1. The van der Waals surface area contributed by atoms with Crippen LogP contribution in [0, 0.1) is 0 Å². The second-order valence-electron chi connectivity index (χ2n) is 29.3. The lowest BCUT2D eigenvalue weighted by Gasteiger charge is -2.34. The quantitative estimate of drug-likeness (QED) is 0.0170. The number of alkyl halides is 9. The van der Waals surface area contributed by atoms with Crippen molar-refractivity contribution in [1.82, 2.24) is 0 Å². The Bertz CT molecular complexity index is 6200. The highest BCUT2D eigenvalue weighted by Crippen LogP contribution is 2.54. The van der Waals surface area contributed by atoms with Crippen molar-refractivity contribution in [3.63, 3.8) is 0 Å². The van der Waals surface area contributed by atoms with Crippen LogP contribution in [0.25, 0.3) is 0 Å². The maximum Gasteiger partial charge on any atom is 0.402 e. The number of benzene rings is 12. The van der Waals surface area contributed by atoms with Gasteiger partial charge in [0.15, 0.2) is 0 Å². The summed E-state index contributed by atoms with van der Waals surface area (Å²) in [6, 6.07) is 42.5. The number of anilines is 6. The van der Waals surface area contributed by atoms with E-state index < -0.39 is 196 Å². The number of carboxylic acids is 2. The maximum atomic E-state index is 15.6. The van der Waals surface area contributed by atoms with Crippen LogP contribution in [0.1, 0.15) is 158 Å². The van der Waals surface area contributed by atoms with E-state index in [1.165, 1.54) is 97.1 Å². The van der Waals surface area contributed by atoms with Crippen LogP contribution < -0.4 is 40.5 Å². The van der Waals surface area contributed by atoms with Crippen molar-refractivity contribution in [3.05, 3.63) is 332 Å². The van der Waals surface area contributed by atoms with Crippen LogP contribution in [-0.4, -0.2) is 119 Å². The van der Waals surface area contributed by atoms with Crippen LogP contribution in [0.5, 0.6) is 57.5 Å². The van der Waals surface area contributed by atoms with E-state index in [2.05, 4.69) is 21.3 Å². The van der Waals surface area contributed by atoms with Gasteiger partial charge in [0.2, 0.25) is 0 Å². The number of phenols is 6. The first kappa shape index (κ1) is 85.9. The second kappa shape index (κ2) is 32.2. The van der Waals surface area contributed by atoms with Gasteiger partial charge in [0.25, 0.3) is 47.3 Å². The Morgan fingerprint density at radius 1 is 0.270 bits per heavy atom. The lowest BCUT2D eigenvalue weighted by atomic mass is 9.75. The monoisotopic (exact) mass is 1730 g/mol. The Hall–Kier alpha value is -16.5. The standard InChI is InChI=1S/C91H61F9N6O20/c1-86(89(92,93)94,50-14-30-70(107)64(38-50)101-76(113)44-4-20-56(21-5-44)125-58-24-8-46(9-25-58)78(115)103-66-40-52(16-32-72(66)109)87(2,90(95,96)97)54-18-34-74(111)68(42-54)105-80(117)60-28-12-48(84(121)122)36-62(60)82(105)119)51-15-31-71(108)65(39-51)102-77(114)45-6-22-57(23-7-45)126-59-26-10-47(11-27-59)79(116)104-67-41-53(17-33-73(67)110)88(3,91(98,99)100)55-19-35-75(112)69(43-55)106-81(118)61-29-13-49(85(123)124)37-63(61)83(106)120/h4-43,107-112H,1-3H3,(H,101,113)(H,102,114)(H,103,115)(H,104,116)(H,121,122)(H,123,124). The number of phenolic OH excluding ortho intramolecular Hbond substituents is 6. The van der Waals surface area contributed by atoms with Crippen LogP contribution >= 0.6 is 0 Å². The van der Waals surface area contributed by atoms with Gasteiger partial charge in [-0.05, 0) is 260 Å². The Labute approximate surface area is 703 Å². The number of amides is 8. The van der Waals surface area contributed by atoms with Gasteiger partial charge in [-0.2, -0.15) is 39.5 Å². The summed E-state index contributed by atoms with van der Waals surface area (Å²) in [7, 11) is 0. The summed E-state index contributed by atoms with van der Waals surface area (Å²) in [6.45, 7) is 2.28. The Kier molecular flexibility index (Phi) is 21.9. The molecule has 126 heavy (non-hydrogen) atoms. The molecule has 12 aromatic rings. The molecule has 8 amide bonds. The number of carbonyl (C=O) groups is 10. The van der Waals surface area contributed by atoms with Crippen molar-refractivity contribution < 1.29 is 138 Å². The number of nitrogens with one attached hydrogen (secondary N) is 4. The molecule has 26 nitrogen and oxygen atoms in total. The number of ether oxygens (including phenoxy) is 2. The fraction of sp³-hybridized carbons (Fsp3) is 0.0989. The lowest BCUT2D eigenvalue weighted by Crippen LogP contribution is -2.41. The third-order valence-electron chi connectivity index (χ3n) is 21.8. The van der Waals surface area contributed by atoms with Crippen LogP contribution in [0.3, 0.4) is 0 Å². The summed E-state index contributed by atoms with van der Waals surface area (Å²) >= 11 is 0. The topological polar surface area (TPSA) is 406 Å². The zero-order valence-electron chi connectivity index (χ0n) is 64.9. The molecule has 0 saturated heterocycles. The van der Waals surface area contributed by atoms with E-state index in [0.717, 1.165) is 166 Å². The molecule has 0 saturated carbocycles. The van der Waals surface area contributed by atoms with Crippen molar-refractivity contribution in [2.45, 2.75) is 55.5 Å². The number of aromatic hydroxyl groups is 6. The lowest BCUT2D eigenvalue weighted by molar-refractivity contribution is -0.173. The summed E-state index contributed by atoms with van der Waals surface area (Å²) in [5.74, 6) is -14.7. The average molecular weight is 1730 g/mol. The zero-order chi connectivity index (χ0) is 90.9. The summed E-state index contributed by atoms with van der Waals surface area (Å²) in [5.41, 5.74) is -18.1. The number of nitrogens with zero attached hydrogens (tertiary/aromatic N) is 2. The van der Waals surface area contributed by atoms with Crippen molar-refractivity contribution >= 4 is 93.3 Å². The molecular formula is C91H61F9N6O20. The van der Waals surface area contributed by atoms with E-state index >= 15 is 39.5 Å². The summed E-state index contributed by atoms with van der Waals surface area (Å²) in [6.07, 6.45) is -15.5. The zero-order valence-corrected chi connectivity index (χ0v) is 64.9. The summed E-state index contributed by atoms with van der Waals surface area (Å²) in [4.78, 5) is 133. The molecule has 0 aromatic heterocycles. The molecule has 0 spiro atoms. The highest BCUT2D eigenvalue weighted by molar-refractivity contribution is 6.36. The van der Waals surface area contributed by atoms with E-state index in [4.69, 9.17) is 9.47 Å². The molecule has 0 bridgehead atoms. The summed E-state index contributed by atoms with van der Waals surface area (Å²) < 4.78 is 152. The van der Waals surface area contributed by atoms with Gasteiger partial charge in [0, 0.05) is 22.3 Å². The highest BCUT2D eigenvalue weighted by atomic mass is 19.4. The first-order chi connectivity index (χ1) is 59.4. The number of rotatable bonds is 22. The molecule has 0 aliphatic carbocycles. The Morgan fingerprint density at radius 3 is 0.698 bits per heavy atom. The molecule has 14 rings (SSSR count). The molecule has 638 valence electrons. The van der Waals surface area contributed by atoms with E-state index in [0.29, 0.717) is 9.80 Å². The number of hydrogen-bond acceptors (Lipinski definition) is 18. The van der Waals surface area contributed by atoms with Gasteiger partial charge in [-0.25, -0.2) is 19.4 Å². The van der Waals surface area contributed by atoms with Crippen molar-refractivity contribution in [1.29, 1.82) is 0 Å². The van der Waals surface area contributed by atoms with Crippen molar-refractivity contribution in [2.24, 2.45) is 0 Å². The van der Waals surface area contributed by atoms with E-state index in [1.54, 1.807) is 0 Å². The minimum Gasteiger partial charge on any atom is -0.506 e. The fourth-order valence-corrected chi connectivity index (χ4v) is 14.2. The minimum atomic E-state index is -5.18. The molecule has 0 radical (unpaired) electrons. The minimum absolute atomic E-state index is 0.0909. The van der Waals surface area contributed by atoms with Crippen LogP contribution in [0.15, 0.2) is 243 Å². The molecule has 2 aliphatic heterocycles. The molecule has 2 heterocycles. The van der Waals surface area contributed by atoms with Gasteiger partial charge in [-0.3, -0.25) is 38.4 Å². The van der Waals surface area contributed by atoms with Gasteiger partial charge in [0.1, 0.15) is 73.7 Å². The molecule has 12 aromatic carbocycles. The highest BCUT2D eigenvalue weighted by Gasteiger charge is 2.57. The second-order valence-corrected chi connectivity index (χ2v) is 29.3. The van der Waals surface area contributed by atoms with Gasteiger partial charge in [-0.1, -0.05) is 36.4 Å². The van der Waals surface area contributed by atoms with Gasteiger partial charge >= 0.3 is 30.5 Å². The first-order valence-corrected chi connectivity index (χ1v) is 37.1. The van der Waals surface area contributed by atoms with Crippen LogP contribution in [0.4, 0.5) is 73.6 Å². The van der Waals surface area contributed by atoms with E-state index in [9.17, 15) is 88.8 Å². The molecule has 35 heteroatoms. The number of aromatic carboxylic acids is 2. The fourth-order valence-electron chi connectivity index (χ4n) is 14.2. The molecule has 12 N–H and O–H groups in total. The van der Waals surface area contributed by atoms with E-state index in [-0.39, 0.29) is 78.6 Å². The Balaban J connectivity index is 0.591. The average Bonchev–Trinajstić information content (AvgIpc) is 1.35. The van der Waals surface area contributed by atoms with E-state index in [1.807, 2.05) is 0 Å². The number of fused-ring (bicyclic) bond motifs is 2. The molecule has 2 atom stereocenters. The van der Waals surface area contributed by atoms with Gasteiger partial charge in [0.05, 0.1) is 67.5 Å². The largest absolute Gasteiger partial charge is 0.506 e. The number of imide groups is 2.